The standard InChI is InChI=1S/C15H24N2O3S/c1-4-8-20-11-6-5-7-17(9-11)15-16-12(10(2)3)13(21-15)14(18)19/h10-11H,4-9H2,1-3H3,(H,18,19). The van der Waals surface area contributed by atoms with Gasteiger partial charge in [-0.15, -0.1) is 0 Å². The molecule has 0 radical (unpaired) electrons. The Hall–Kier alpha value is -1.14. The summed E-state index contributed by atoms with van der Waals surface area (Å²) in [6.45, 7) is 8.59. The summed E-state index contributed by atoms with van der Waals surface area (Å²) in [7, 11) is 0. The maximum Gasteiger partial charge on any atom is 0.347 e. The number of carboxylic acids is 1. The minimum Gasteiger partial charge on any atom is -0.477 e. The van der Waals surface area contributed by atoms with Gasteiger partial charge in [0, 0.05) is 19.7 Å². The van der Waals surface area contributed by atoms with Crippen LogP contribution in [0.2, 0.25) is 0 Å². The molecule has 1 aliphatic rings. The van der Waals surface area contributed by atoms with Crippen molar-refractivity contribution in [2.75, 3.05) is 24.6 Å². The molecule has 0 spiro atoms. The van der Waals surface area contributed by atoms with E-state index in [1.807, 2.05) is 13.8 Å². The topological polar surface area (TPSA) is 62.7 Å². The summed E-state index contributed by atoms with van der Waals surface area (Å²) in [5, 5.41) is 10.1. The Morgan fingerprint density at radius 2 is 2.33 bits per heavy atom. The van der Waals surface area contributed by atoms with Gasteiger partial charge < -0.3 is 14.7 Å². The van der Waals surface area contributed by atoms with Crippen LogP contribution in [-0.4, -0.2) is 41.9 Å². The number of hydrogen-bond acceptors (Lipinski definition) is 5. The third-order valence-electron chi connectivity index (χ3n) is 3.59. The van der Waals surface area contributed by atoms with Crippen LogP contribution in [-0.2, 0) is 4.74 Å². The van der Waals surface area contributed by atoms with Crippen molar-refractivity contribution in [3.8, 4) is 0 Å². The second-order valence-corrected chi connectivity index (χ2v) is 6.73. The predicted octanol–water partition coefficient (Wildman–Crippen LogP) is 3.36. The van der Waals surface area contributed by atoms with E-state index in [1.54, 1.807) is 0 Å². The first kappa shape index (κ1) is 16.2. The van der Waals surface area contributed by atoms with Gasteiger partial charge >= 0.3 is 5.97 Å². The number of ether oxygens (including phenoxy) is 1. The molecule has 0 saturated carbocycles. The first-order valence-corrected chi connectivity index (χ1v) is 8.45. The molecule has 1 aromatic heterocycles. The third-order valence-corrected chi connectivity index (χ3v) is 4.71. The van der Waals surface area contributed by atoms with Crippen LogP contribution in [0.1, 0.15) is 61.3 Å². The van der Waals surface area contributed by atoms with E-state index < -0.39 is 5.97 Å². The Labute approximate surface area is 129 Å². The highest BCUT2D eigenvalue weighted by atomic mass is 32.1. The van der Waals surface area contributed by atoms with Crippen molar-refractivity contribution in [2.24, 2.45) is 0 Å². The SMILES string of the molecule is CCCOC1CCCN(c2nc(C(C)C)c(C(=O)O)s2)C1. The van der Waals surface area contributed by atoms with Crippen LogP contribution in [0.15, 0.2) is 0 Å². The fourth-order valence-electron chi connectivity index (χ4n) is 2.53. The molecular weight excluding hydrogens is 288 g/mol. The summed E-state index contributed by atoms with van der Waals surface area (Å²) in [5.74, 6) is -0.753. The molecule has 1 aliphatic heterocycles. The van der Waals surface area contributed by atoms with E-state index in [2.05, 4.69) is 16.8 Å². The molecule has 0 bridgehead atoms. The number of nitrogens with zero attached hydrogens (tertiary/aromatic N) is 2. The molecule has 5 nitrogen and oxygen atoms in total. The van der Waals surface area contributed by atoms with E-state index in [0.717, 1.165) is 44.1 Å². The summed E-state index contributed by atoms with van der Waals surface area (Å²) in [6, 6.07) is 0. The lowest BCUT2D eigenvalue weighted by Crippen LogP contribution is -2.39. The minimum absolute atomic E-state index is 0.123. The molecule has 1 atom stereocenters. The van der Waals surface area contributed by atoms with E-state index in [9.17, 15) is 9.90 Å². The highest BCUT2D eigenvalue weighted by molar-refractivity contribution is 7.17. The first-order chi connectivity index (χ1) is 10.0. The molecule has 2 rings (SSSR count). The Bertz CT molecular complexity index is 487. The highest BCUT2D eigenvalue weighted by Gasteiger charge is 2.26. The van der Waals surface area contributed by atoms with Gasteiger partial charge in [-0.2, -0.15) is 0 Å². The number of carbonyl (C=O) groups is 1. The molecule has 1 aromatic rings. The van der Waals surface area contributed by atoms with Crippen molar-refractivity contribution in [1.82, 2.24) is 4.98 Å². The van der Waals surface area contributed by atoms with Crippen molar-refractivity contribution in [3.63, 3.8) is 0 Å². The van der Waals surface area contributed by atoms with Gasteiger partial charge in [0.05, 0.1) is 11.8 Å². The molecule has 1 unspecified atom stereocenters. The smallest absolute Gasteiger partial charge is 0.347 e. The number of hydrogen-bond donors (Lipinski definition) is 1. The molecule has 1 saturated heterocycles. The van der Waals surface area contributed by atoms with Gasteiger partial charge in [0.15, 0.2) is 5.13 Å². The minimum atomic E-state index is -0.877. The second-order valence-electron chi connectivity index (χ2n) is 5.75. The number of anilines is 1. The summed E-state index contributed by atoms with van der Waals surface area (Å²) < 4.78 is 5.83. The van der Waals surface area contributed by atoms with Gasteiger partial charge in [0.25, 0.3) is 0 Å². The molecule has 21 heavy (non-hydrogen) atoms. The Morgan fingerprint density at radius 3 is 2.90 bits per heavy atom. The molecule has 0 aromatic carbocycles. The van der Waals surface area contributed by atoms with Gasteiger partial charge in [0.1, 0.15) is 4.88 Å². The third kappa shape index (κ3) is 3.95. The molecule has 1 N–H and O–H groups in total. The van der Waals surface area contributed by atoms with Crippen LogP contribution in [0.4, 0.5) is 5.13 Å². The number of aromatic carboxylic acids is 1. The molecule has 0 amide bonds. The van der Waals surface area contributed by atoms with E-state index in [0.29, 0.717) is 10.6 Å². The molecule has 0 aliphatic carbocycles. The summed E-state index contributed by atoms with van der Waals surface area (Å²) >= 11 is 1.29. The lowest BCUT2D eigenvalue weighted by Gasteiger charge is -2.32. The summed E-state index contributed by atoms with van der Waals surface area (Å²) in [6.07, 6.45) is 3.39. The largest absolute Gasteiger partial charge is 0.477 e. The van der Waals surface area contributed by atoms with Crippen LogP contribution in [0.3, 0.4) is 0 Å². The molecule has 1 fully saturated rings. The van der Waals surface area contributed by atoms with Crippen LogP contribution in [0.5, 0.6) is 0 Å². The van der Waals surface area contributed by atoms with Crippen molar-refractivity contribution >= 4 is 22.4 Å². The fourth-order valence-corrected chi connectivity index (χ4v) is 3.63. The Kier molecular flexibility index (Phi) is 5.58. The van der Waals surface area contributed by atoms with Gasteiger partial charge in [-0.1, -0.05) is 32.1 Å². The average Bonchev–Trinajstić information content (AvgIpc) is 2.91. The van der Waals surface area contributed by atoms with Gasteiger partial charge in [-0.05, 0) is 25.2 Å². The Morgan fingerprint density at radius 1 is 1.57 bits per heavy atom. The maximum absolute atomic E-state index is 11.4. The van der Waals surface area contributed by atoms with Crippen molar-refractivity contribution in [2.45, 2.75) is 52.1 Å². The molecular formula is C15H24N2O3S. The predicted molar refractivity (Wildman–Crippen MR) is 84.6 cm³/mol. The zero-order valence-corrected chi connectivity index (χ0v) is 13.8. The van der Waals surface area contributed by atoms with E-state index in [4.69, 9.17) is 4.74 Å². The highest BCUT2D eigenvalue weighted by Crippen LogP contribution is 2.32. The van der Waals surface area contributed by atoms with Crippen LogP contribution in [0, 0.1) is 0 Å². The maximum atomic E-state index is 11.4. The van der Waals surface area contributed by atoms with Crippen LogP contribution in [0.25, 0.3) is 0 Å². The summed E-state index contributed by atoms with van der Waals surface area (Å²) in [4.78, 5) is 18.5. The quantitative estimate of drug-likeness (QED) is 0.872. The number of carboxylic acid groups (broad SMARTS) is 1. The number of aromatic nitrogens is 1. The van der Waals surface area contributed by atoms with Gasteiger partial charge in [-0.25, -0.2) is 9.78 Å². The number of piperidine rings is 1. The molecule has 2 heterocycles. The van der Waals surface area contributed by atoms with Crippen molar-refractivity contribution in [3.05, 3.63) is 10.6 Å². The van der Waals surface area contributed by atoms with E-state index in [1.165, 1.54) is 11.3 Å². The lowest BCUT2D eigenvalue weighted by molar-refractivity contribution is 0.0440. The lowest BCUT2D eigenvalue weighted by atomic mass is 10.1. The van der Waals surface area contributed by atoms with Crippen LogP contribution < -0.4 is 4.90 Å². The van der Waals surface area contributed by atoms with Crippen molar-refractivity contribution in [1.29, 1.82) is 0 Å². The fraction of sp³-hybridized carbons (Fsp3) is 0.733. The average molecular weight is 312 g/mol. The van der Waals surface area contributed by atoms with Crippen LogP contribution >= 0.6 is 11.3 Å². The first-order valence-electron chi connectivity index (χ1n) is 7.63. The number of thiazole rings is 1. The summed E-state index contributed by atoms with van der Waals surface area (Å²) in [5.41, 5.74) is 0.694. The van der Waals surface area contributed by atoms with Gasteiger partial charge in [0.2, 0.25) is 0 Å². The van der Waals surface area contributed by atoms with E-state index >= 15 is 0 Å². The van der Waals surface area contributed by atoms with Crippen molar-refractivity contribution < 1.29 is 14.6 Å². The van der Waals surface area contributed by atoms with E-state index in [-0.39, 0.29) is 12.0 Å². The molecule has 6 heteroatoms. The zero-order chi connectivity index (χ0) is 15.4. The monoisotopic (exact) mass is 312 g/mol. The van der Waals surface area contributed by atoms with Gasteiger partial charge in [-0.3, -0.25) is 0 Å². The normalized spacial score (nSPS) is 19.2. The Balaban J connectivity index is 2.13. The zero-order valence-electron chi connectivity index (χ0n) is 13.0. The second kappa shape index (κ2) is 7.22. The number of rotatable bonds is 6. The molecule has 118 valence electrons.